The van der Waals surface area contributed by atoms with Crippen LogP contribution in [0.3, 0.4) is 0 Å². The van der Waals surface area contributed by atoms with Gasteiger partial charge in [0.1, 0.15) is 5.69 Å². The molecule has 0 spiro atoms. The van der Waals surface area contributed by atoms with Crippen LogP contribution in [-0.4, -0.2) is 11.7 Å². The lowest BCUT2D eigenvalue weighted by Gasteiger charge is -2.14. The van der Waals surface area contributed by atoms with Crippen molar-refractivity contribution in [3.05, 3.63) is 69.4 Å². The van der Waals surface area contributed by atoms with E-state index in [2.05, 4.69) is 89.7 Å². The van der Waals surface area contributed by atoms with Crippen molar-refractivity contribution >= 4 is 11.8 Å². The fourth-order valence-electron chi connectivity index (χ4n) is 5.89. The molecule has 0 unspecified atom stereocenters. The molecule has 2 heteroatoms. The predicted octanol–water partition coefficient (Wildman–Crippen LogP) is 12.5. The molecule has 0 atom stereocenters. The van der Waals surface area contributed by atoms with Crippen LogP contribution in [-0.2, 0) is 25.7 Å². The summed E-state index contributed by atoms with van der Waals surface area (Å²) in [7, 11) is 2.10. The van der Waals surface area contributed by atoms with Gasteiger partial charge in [-0.2, -0.15) is 0 Å². The predicted molar refractivity (Wildman–Crippen MR) is 182 cm³/mol. The second kappa shape index (κ2) is 20.6. The van der Waals surface area contributed by atoms with Crippen LogP contribution in [0, 0.1) is 6.92 Å². The standard InChI is InChI=1S/C39H63N2/c1-8-12-16-19-23-35-27-26-34(30-36(35)22-15-11-4)29-33(6)41(7)40-38-28-32(5)39(25-21-18-14-10-3)37(31-38)24-20-17-13-9-2/h26-31H,8-25H2,1-7H3/q+1. The van der Waals surface area contributed by atoms with Gasteiger partial charge in [0.15, 0.2) is 7.05 Å². The molecule has 0 aliphatic rings. The van der Waals surface area contributed by atoms with Gasteiger partial charge in [-0.15, -0.1) is 0 Å². The van der Waals surface area contributed by atoms with Crippen LogP contribution in [0.5, 0.6) is 0 Å². The van der Waals surface area contributed by atoms with E-state index >= 15 is 0 Å². The highest BCUT2D eigenvalue weighted by molar-refractivity contribution is 5.53. The fourth-order valence-corrected chi connectivity index (χ4v) is 5.89. The summed E-state index contributed by atoms with van der Waals surface area (Å²) in [5.41, 5.74) is 11.2. The molecule has 41 heavy (non-hydrogen) atoms. The Morgan fingerprint density at radius 1 is 0.634 bits per heavy atom. The number of unbranched alkanes of at least 4 members (excludes halogenated alkanes) is 10. The van der Waals surface area contributed by atoms with E-state index < -0.39 is 0 Å². The van der Waals surface area contributed by atoms with Crippen molar-refractivity contribution in [2.45, 2.75) is 157 Å². The molecule has 0 fully saturated rings. The van der Waals surface area contributed by atoms with Crippen LogP contribution in [0.15, 0.2) is 41.1 Å². The van der Waals surface area contributed by atoms with Crippen LogP contribution < -0.4 is 0 Å². The third-order valence-corrected chi connectivity index (χ3v) is 8.61. The van der Waals surface area contributed by atoms with Gasteiger partial charge in [0, 0.05) is 13.0 Å². The van der Waals surface area contributed by atoms with Crippen molar-refractivity contribution in [2.75, 3.05) is 7.05 Å². The average molecular weight is 560 g/mol. The van der Waals surface area contributed by atoms with Gasteiger partial charge in [0.2, 0.25) is 5.70 Å². The summed E-state index contributed by atoms with van der Waals surface area (Å²) in [6.45, 7) is 13.7. The average Bonchev–Trinajstić information content (AvgIpc) is 2.96. The molecule has 2 rings (SSSR count). The van der Waals surface area contributed by atoms with Crippen LogP contribution >= 0.6 is 0 Å². The second-order valence-corrected chi connectivity index (χ2v) is 12.4. The summed E-state index contributed by atoms with van der Waals surface area (Å²) in [5, 5.41) is 5.08. The lowest BCUT2D eigenvalue weighted by atomic mass is 9.92. The van der Waals surface area contributed by atoms with Crippen molar-refractivity contribution in [1.29, 1.82) is 0 Å². The zero-order valence-corrected chi connectivity index (χ0v) is 28.1. The first-order chi connectivity index (χ1) is 19.9. The molecule has 2 aromatic carbocycles. The van der Waals surface area contributed by atoms with Gasteiger partial charge in [-0.25, -0.2) is 0 Å². The largest absolute Gasteiger partial charge is 0.205 e. The molecule has 0 aliphatic carbocycles. The number of benzene rings is 2. The second-order valence-electron chi connectivity index (χ2n) is 12.4. The lowest BCUT2D eigenvalue weighted by Crippen LogP contribution is -2.02. The van der Waals surface area contributed by atoms with E-state index in [1.807, 2.05) is 0 Å². The molecule has 0 heterocycles. The Hall–Kier alpha value is -2.22. The molecule has 0 saturated carbocycles. The summed E-state index contributed by atoms with van der Waals surface area (Å²) >= 11 is 0. The van der Waals surface area contributed by atoms with Gasteiger partial charge in [-0.1, -0.05) is 115 Å². The summed E-state index contributed by atoms with van der Waals surface area (Å²) < 4.78 is 2.07. The smallest absolute Gasteiger partial charge is 0.0909 e. The monoisotopic (exact) mass is 559 g/mol. The minimum absolute atomic E-state index is 1.09. The Labute approximate surface area is 254 Å². The van der Waals surface area contributed by atoms with Gasteiger partial charge in [0.05, 0.1) is 0 Å². The summed E-state index contributed by atoms with van der Waals surface area (Å²) in [6.07, 6.45) is 25.4. The number of allylic oxidation sites excluding steroid dienone is 1. The van der Waals surface area contributed by atoms with Crippen LogP contribution in [0.25, 0.3) is 6.08 Å². The fraction of sp³-hybridized carbons (Fsp3) is 0.641. The number of aryl methyl sites for hydroxylation is 4. The van der Waals surface area contributed by atoms with E-state index in [0.29, 0.717) is 0 Å². The maximum absolute atomic E-state index is 5.08. The number of nitrogens with zero attached hydrogens (tertiary/aromatic N) is 2. The molecule has 0 N–H and O–H groups in total. The first-order valence-corrected chi connectivity index (χ1v) is 17.3. The minimum Gasteiger partial charge on any atom is -0.0909 e. The third-order valence-electron chi connectivity index (χ3n) is 8.61. The third kappa shape index (κ3) is 13.1. The normalized spacial score (nSPS) is 12.4. The number of hydrogen-bond donors (Lipinski definition) is 0. The van der Waals surface area contributed by atoms with E-state index in [1.165, 1.54) is 138 Å². The van der Waals surface area contributed by atoms with Gasteiger partial charge < -0.3 is 0 Å². The van der Waals surface area contributed by atoms with Crippen molar-refractivity contribution in [1.82, 2.24) is 0 Å². The van der Waals surface area contributed by atoms with Crippen molar-refractivity contribution in [3.63, 3.8) is 0 Å². The Kier molecular flexibility index (Phi) is 17.6. The van der Waals surface area contributed by atoms with Gasteiger partial charge in [0.25, 0.3) is 0 Å². The van der Waals surface area contributed by atoms with Crippen LogP contribution in [0.2, 0.25) is 0 Å². The van der Waals surface area contributed by atoms with E-state index in [-0.39, 0.29) is 0 Å². The van der Waals surface area contributed by atoms with Crippen LogP contribution in [0.4, 0.5) is 5.69 Å². The van der Waals surface area contributed by atoms with Crippen LogP contribution in [0.1, 0.15) is 158 Å². The Bertz CT molecular complexity index is 1080. The highest BCUT2D eigenvalue weighted by Crippen LogP contribution is 2.27. The number of azo groups is 2. The highest BCUT2D eigenvalue weighted by atomic mass is 15.2. The van der Waals surface area contributed by atoms with E-state index in [0.717, 1.165) is 5.69 Å². The molecule has 0 amide bonds. The number of rotatable bonds is 21. The first-order valence-electron chi connectivity index (χ1n) is 17.3. The maximum Gasteiger partial charge on any atom is 0.205 e. The molecular weight excluding hydrogens is 496 g/mol. The zero-order chi connectivity index (χ0) is 29.9. The van der Waals surface area contributed by atoms with Crippen molar-refractivity contribution in [2.24, 2.45) is 5.11 Å². The Morgan fingerprint density at radius 3 is 1.80 bits per heavy atom. The van der Waals surface area contributed by atoms with Crippen molar-refractivity contribution in [3.8, 4) is 0 Å². The van der Waals surface area contributed by atoms with Gasteiger partial charge in [-0.05, 0) is 109 Å². The number of hydrogen-bond acceptors (Lipinski definition) is 1. The molecule has 228 valence electrons. The molecule has 0 aliphatic heterocycles. The van der Waals surface area contributed by atoms with Gasteiger partial charge in [-0.3, -0.25) is 0 Å². The Morgan fingerprint density at radius 2 is 1.20 bits per heavy atom. The lowest BCUT2D eigenvalue weighted by molar-refractivity contribution is -0.510. The van der Waals surface area contributed by atoms with E-state index in [1.54, 1.807) is 16.7 Å². The zero-order valence-electron chi connectivity index (χ0n) is 28.1. The topological polar surface area (TPSA) is 15.4 Å². The van der Waals surface area contributed by atoms with E-state index in [9.17, 15) is 0 Å². The maximum atomic E-state index is 5.08. The molecular formula is C39H63N2+. The molecule has 0 bridgehead atoms. The molecule has 0 saturated heterocycles. The molecule has 0 aromatic heterocycles. The minimum atomic E-state index is 1.09. The first kappa shape index (κ1) is 35.0. The van der Waals surface area contributed by atoms with E-state index in [4.69, 9.17) is 5.11 Å². The summed E-state index contributed by atoms with van der Waals surface area (Å²) in [5.74, 6) is 0. The molecule has 2 nitrogen and oxygen atoms in total. The summed E-state index contributed by atoms with van der Waals surface area (Å²) in [4.78, 5) is 0. The van der Waals surface area contributed by atoms with Crippen molar-refractivity contribution < 1.29 is 4.70 Å². The van der Waals surface area contributed by atoms with Gasteiger partial charge >= 0.3 is 0 Å². The quantitative estimate of drug-likeness (QED) is 0.0821. The Balaban J connectivity index is 2.27. The molecule has 0 radical (unpaired) electrons. The molecule has 2 aromatic rings. The SMILES string of the molecule is CCCCCCc1ccc(C=C(C)[N+](C)=Nc2cc(C)c(CCCCCC)c(CCCCCC)c2)cc1CCCC. The highest BCUT2D eigenvalue weighted by Gasteiger charge is 2.12. The summed E-state index contributed by atoms with van der Waals surface area (Å²) in [6, 6.07) is 11.8.